The number of nitrogens with zero attached hydrogens (tertiary/aromatic N) is 1. The van der Waals surface area contributed by atoms with E-state index >= 15 is 0 Å². The predicted octanol–water partition coefficient (Wildman–Crippen LogP) is 2.34. The lowest BCUT2D eigenvalue weighted by Gasteiger charge is -2.47. The number of benzene rings is 1. The van der Waals surface area contributed by atoms with Crippen molar-refractivity contribution in [3.8, 4) is 0 Å². The molecule has 3 rings (SSSR count). The van der Waals surface area contributed by atoms with E-state index in [0.717, 1.165) is 39.1 Å². The number of nitrogens with two attached hydrogens (primary N) is 1. The summed E-state index contributed by atoms with van der Waals surface area (Å²) in [6.07, 6.45) is 5.85. The van der Waals surface area contributed by atoms with Crippen LogP contribution < -0.4 is 10.6 Å². The van der Waals surface area contributed by atoms with Crippen LogP contribution in [0.3, 0.4) is 0 Å². The number of fused-ring (bicyclic) bond motifs is 1. The van der Waals surface area contributed by atoms with Gasteiger partial charge in [-0.3, -0.25) is 0 Å². The van der Waals surface area contributed by atoms with Gasteiger partial charge in [-0.15, -0.1) is 0 Å². The molecule has 0 bridgehead atoms. The van der Waals surface area contributed by atoms with E-state index in [1.165, 1.54) is 30.5 Å². The third kappa shape index (κ3) is 2.37. The van der Waals surface area contributed by atoms with Crippen LogP contribution in [0.5, 0.6) is 0 Å². The summed E-state index contributed by atoms with van der Waals surface area (Å²) in [5.41, 5.74) is 9.18. The number of hydrogen-bond donors (Lipinski definition) is 1. The van der Waals surface area contributed by atoms with Gasteiger partial charge in [0, 0.05) is 32.0 Å². The van der Waals surface area contributed by atoms with E-state index in [9.17, 15) is 0 Å². The summed E-state index contributed by atoms with van der Waals surface area (Å²) in [7, 11) is 0. The summed E-state index contributed by atoms with van der Waals surface area (Å²) in [5.74, 6) is 0. The van der Waals surface area contributed by atoms with Gasteiger partial charge in [0.25, 0.3) is 0 Å². The second kappa shape index (κ2) is 5.51. The van der Waals surface area contributed by atoms with Crippen molar-refractivity contribution in [2.45, 2.75) is 37.6 Å². The molecular weight excluding hydrogens is 236 g/mol. The molecule has 2 N–H and O–H groups in total. The molecule has 1 fully saturated rings. The lowest BCUT2D eigenvalue weighted by molar-refractivity contribution is 0.0525. The second-order valence-electron chi connectivity index (χ2n) is 5.78. The summed E-state index contributed by atoms with van der Waals surface area (Å²) in [6.45, 7) is 3.55. The zero-order valence-corrected chi connectivity index (χ0v) is 11.6. The van der Waals surface area contributed by atoms with Crippen molar-refractivity contribution in [2.75, 3.05) is 31.2 Å². The molecule has 0 saturated carbocycles. The largest absolute Gasteiger partial charge is 0.381 e. The topological polar surface area (TPSA) is 38.5 Å². The van der Waals surface area contributed by atoms with Gasteiger partial charge in [-0.1, -0.05) is 18.2 Å². The molecule has 0 aliphatic carbocycles. The summed E-state index contributed by atoms with van der Waals surface area (Å²) in [5, 5.41) is 0. The molecule has 0 unspecified atom stereocenters. The standard InChI is InChI=1S/C16H24N2O/c17-13-16(8-11-19-12-9-16)18-10-4-3-6-14-5-1-2-7-15(14)18/h1-2,5,7H,3-4,6,8-13,17H2. The summed E-state index contributed by atoms with van der Waals surface area (Å²) < 4.78 is 5.55. The molecule has 104 valence electrons. The van der Waals surface area contributed by atoms with Crippen LogP contribution in [0.15, 0.2) is 24.3 Å². The highest BCUT2D eigenvalue weighted by Crippen LogP contribution is 2.36. The predicted molar refractivity (Wildman–Crippen MR) is 78.6 cm³/mol. The minimum absolute atomic E-state index is 0.110. The molecule has 0 radical (unpaired) electrons. The molecule has 2 aliphatic heterocycles. The van der Waals surface area contributed by atoms with Crippen LogP contribution in [-0.2, 0) is 11.2 Å². The molecule has 19 heavy (non-hydrogen) atoms. The van der Waals surface area contributed by atoms with Gasteiger partial charge in [0.2, 0.25) is 0 Å². The van der Waals surface area contributed by atoms with Crippen molar-refractivity contribution >= 4 is 5.69 Å². The van der Waals surface area contributed by atoms with Gasteiger partial charge in [0.1, 0.15) is 0 Å². The Bertz CT molecular complexity index is 427. The van der Waals surface area contributed by atoms with Crippen molar-refractivity contribution < 1.29 is 4.74 Å². The van der Waals surface area contributed by atoms with Gasteiger partial charge >= 0.3 is 0 Å². The number of para-hydroxylation sites is 1. The highest BCUT2D eigenvalue weighted by molar-refractivity contribution is 5.57. The van der Waals surface area contributed by atoms with Gasteiger partial charge in [-0.2, -0.15) is 0 Å². The average molecular weight is 260 g/mol. The maximum absolute atomic E-state index is 6.18. The Hall–Kier alpha value is -1.06. The number of ether oxygens (including phenoxy) is 1. The van der Waals surface area contributed by atoms with Crippen LogP contribution in [0.2, 0.25) is 0 Å². The lowest BCUT2D eigenvalue weighted by atomic mass is 9.87. The maximum Gasteiger partial charge on any atom is 0.0568 e. The number of aryl methyl sites for hydroxylation is 1. The molecule has 1 saturated heterocycles. The van der Waals surface area contributed by atoms with Crippen LogP contribution in [0.1, 0.15) is 31.2 Å². The van der Waals surface area contributed by atoms with Gasteiger partial charge in [0.15, 0.2) is 0 Å². The fourth-order valence-electron chi connectivity index (χ4n) is 3.52. The van der Waals surface area contributed by atoms with E-state index in [1.54, 1.807) is 0 Å². The molecule has 0 aromatic heterocycles. The molecule has 2 heterocycles. The first-order chi connectivity index (χ1) is 9.36. The van der Waals surface area contributed by atoms with Crippen LogP contribution in [0, 0.1) is 0 Å². The van der Waals surface area contributed by atoms with E-state index in [1.807, 2.05) is 0 Å². The molecule has 0 atom stereocenters. The second-order valence-corrected chi connectivity index (χ2v) is 5.78. The molecule has 0 spiro atoms. The Labute approximate surface area is 115 Å². The molecular formula is C16H24N2O. The third-order valence-corrected chi connectivity index (χ3v) is 4.74. The van der Waals surface area contributed by atoms with Gasteiger partial charge in [-0.25, -0.2) is 0 Å². The van der Waals surface area contributed by atoms with Gasteiger partial charge in [0.05, 0.1) is 5.54 Å². The van der Waals surface area contributed by atoms with Crippen LogP contribution >= 0.6 is 0 Å². The number of anilines is 1. The summed E-state index contributed by atoms with van der Waals surface area (Å²) in [6, 6.07) is 8.85. The lowest BCUT2D eigenvalue weighted by Crippen LogP contribution is -2.57. The van der Waals surface area contributed by atoms with E-state index < -0.39 is 0 Å². The minimum atomic E-state index is 0.110. The van der Waals surface area contributed by atoms with Crippen molar-refractivity contribution in [3.05, 3.63) is 29.8 Å². The average Bonchev–Trinajstić information content (AvgIpc) is 2.70. The molecule has 1 aromatic rings. The number of rotatable bonds is 2. The molecule has 1 aromatic carbocycles. The first-order valence-corrected chi connectivity index (χ1v) is 7.49. The van der Waals surface area contributed by atoms with Crippen molar-refractivity contribution in [3.63, 3.8) is 0 Å². The molecule has 3 heteroatoms. The smallest absolute Gasteiger partial charge is 0.0568 e. The first-order valence-electron chi connectivity index (χ1n) is 7.49. The van der Waals surface area contributed by atoms with Gasteiger partial charge < -0.3 is 15.4 Å². The quantitative estimate of drug-likeness (QED) is 0.887. The minimum Gasteiger partial charge on any atom is -0.381 e. The monoisotopic (exact) mass is 260 g/mol. The fraction of sp³-hybridized carbons (Fsp3) is 0.625. The van der Waals surface area contributed by atoms with E-state index in [2.05, 4.69) is 29.2 Å². The molecule has 3 nitrogen and oxygen atoms in total. The summed E-state index contributed by atoms with van der Waals surface area (Å²) >= 11 is 0. The molecule has 2 aliphatic rings. The SMILES string of the molecule is NCC1(N2CCCCc3ccccc32)CCOCC1. The fourth-order valence-corrected chi connectivity index (χ4v) is 3.52. The maximum atomic E-state index is 6.18. The van der Waals surface area contributed by atoms with Crippen LogP contribution in [-0.4, -0.2) is 31.8 Å². The number of hydrogen-bond acceptors (Lipinski definition) is 3. The highest BCUT2D eigenvalue weighted by Gasteiger charge is 2.38. The Morgan fingerprint density at radius 1 is 1.16 bits per heavy atom. The van der Waals surface area contributed by atoms with Crippen molar-refractivity contribution in [1.82, 2.24) is 0 Å². The zero-order valence-electron chi connectivity index (χ0n) is 11.6. The van der Waals surface area contributed by atoms with E-state index in [4.69, 9.17) is 10.5 Å². The van der Waals surface area contributed by atoms with E-state index in [-0.39, 0.29) is 5.54 Å². The molecule has 0 amide bonds. The summed E-state index contributed by atoms with van der Waals surface area (Å²) in [4.78, 5) is 2.60. The normalized spacial score (nSPS) is 22.7. The van der Waals surface area contributed by atoms with Gasteiger partial charge in [-0.05, 0) is 43.7 Å². The Morgan fingerprint density at radius 2 is 1.95 bits per heavy atom. The Morgan fingerprint density at radius 3 is 2.74 bits per heavy atom. The van der Waals surface area contributed by atoms with Crippen molar-refractivity contribution in [2.24, 2.45) is 5.73 Å². The third-order valence-electron chi connectivity index (χ3n) is 4.74. The van der Waals surface area contributed by atoms with Crippen molar-refractivity contribution in [1.29, 1.82) is 0 Å². The van der Waals surface area contributed by atoms with Crippen LogP contribution in [0.4, 0.5) is 5.69 Å². The first kappa shape index (κ1) is 12.9. The highest BCUT2D eigenvalue weighted by atomic mass is 16.5. The Balaban J connectivity index is 1.98. The zero-order chi connectivity index (χ0) is 13.1. The van der Waals surface area contributed by atoms with E-state index in [0.29, 0.717) is 0 Å². The Kier molecular flexibility index (Phi) is 3.76. The van der Waals surface area contributed by atoms with Crippen LogP contribution in [0.25, 0.3) is 0 Å².